The maximum Gasteiger partial charge on any atom is 0.0241 e. The Kier molecular flexibility index (Phi) is 2.18. The molecule has 4 aliphatic carbocycles. The molecule has 0 aromatic carbocycles. The van der Waals surface area contributed by atoms with Crippen molar-refractivity contribution in [2.24, 2.45) is 23.7 Å². The largest absolute Gasteiger partial charge is 0.760 e. The van der Waals surface area contributed by atoms with E-state index >= 15 is 0 Å². The molecule has 0 spiro atoms. The van der Waals surface area contributed by atoms with Crippen LogP contribution in [0.15, 0.2) is 0 Å². The van der Waals surface area contributed by atoms with E-state index in [1.54, 1.807) is 0 Å². The number of hydrogen-bond donors (Lipinski definition) is 1. The molecule has 1 N–H and O–H groups in total. The van der Waals surface area contributed by atoms with Gasteiger partial charge in [-0.2, -0.15) is 0 Å². The second-order valence-corrected chi connectivity index (χ2v) is 6.01. The lowest BCUT2D eigenvalue weighted by molar-refractivity contribution is -0.00574. The van der Waals surface area contributed by atoms with Crippen molar-refractivity contribution in [1.82, 2.24) is 4.72 Å². The molecule has 0 aromatic heterocycles. The lowest BCUT2D eigenvalue weighted by Crippen LogP contribution is -2.54. The first-order valence-electron chi connectivity index (χ1n) is 5.58. The smallest absolute Gasteiger partial charge is 0.0241 e. The molecule has 4 aliphatic rings. The zero-order chi connectivity index (χ0) is 9.71. The predicted octanol–water partition coefficient (Wildman–Crippen LogP) is 1.19. The Morgan fingerprint density at radius 2 is 1.50 bits per heavy atom. The van der Waals surface area contributed by atoms with Crippen LogP contribution in [-0.2, 0) is 11.3 Å². The molecule has 3 nitrogen and oxygen atoms in total. The third kappa shape index (κ3) is 1.44. The quantitative estimate of drug-likeness (QED) is 0.702. The average molecular weight is 214 g/mol. The van der Waals surface area contributed by atoms with Gasteiger partial charge in [-0.15, -0.1) is 0 Å². The van der Waals surface area contributed by atoms with Gasteiger partial charge in [-0.25, -0.2) is 4.72 Å². The van der Waals surface area contributed by atoms with Crippen LogP contribution in [-0.4, -0.2) is 14.8 Å². The van der Waals surface area contributed by atoms with E-state index in [9.17, 15) is 8.76 Å². The van der Waals surface area contributed by atoms with Crippen molar-refractivity contribution in [3.8, 4) is 0 Å². The summed E-state index contributed by atoms with van der Waals surface area (Å²) in [5, 5.41) is 0. The van der Waals surface area contributed by atoms with Crippen molar-refractivity contribution in [2.45, 2.75) is 38.1 Å². The molecule has 4 saturated carbocycles. The van der Waals surface area contributed by atoms with Crippen LogP contribution >= 0.6 is 0 Å². The van der Waals surface area contributed by atoms with E-state index in [0.29, 0.717) is 11.8 Å². The van der Waals surface area contributed by atoms with E-state index in [1.165, 1.54) is 32.1 Å². The Bertz CT molecular complexity index is 241. The highest BCUT2D eigenvalue weighted by Crippen LogP contribution is 2.53. The molecule has 80 valence electrons. The second-order valence-electron chi connectivity index (χ2n) is 5.31. The molecule has 0 aliphatic heterocycles. The minimum absolute atomic E-state index is 0.265. The molecular formula is C10H16NO2S-. The van der Waals surface area contributed by atoms with Crippen LogP contribution in [0.2, 0.25) is 0 Å². The summed E-state index contributed by atoms with van der Waals surface area (Å²) in [5.41, 5.74) is 0. The lowest BCUT2D eigenvalue weighted by atomic mass is 9.54. The van der Waals surface area contributed by atoms with E-state index in [4.69, 9.17) is 0 Å². The van der Waals surface area contributed by atoms with Crippen LogP contribution in [0.4, 0.5) is 0 Å². The van der Waals surface area contributed by atoms with Crippen molar-refractivity contribution in [2.75, 3.05) is 0 Å². The Balaban J connectivity index is 1.77. The van der Waals surface area contributed by atoms with Gasteiger partial charge in [0.1, 0.15) is 0 Å². The molecule has 4 fully saturated rings. The zero-order valence-corrected chi connectivity index (χ0v) is 8.96. The predicted molar refractivity (Wildman–Crippen MR) is 52.9 cm³/mol. The SMILES string of the molecule is O=S([O-])NC1C2CC3CC(C2)CC1C3. The van der Waals surface area contributed by atoms with Gasteiger partial charge in [0.15, 0.2) is 0 Å². The van der Waals surface area contributed by atoms with Crippen LogP contribution in [0.3, 0.4) is 0 Å². The van der Waals surface area contributed by atoms with E-state index in [0.717, 1.165) is 11.8 Å². The molecule has 0 radical (unpaired) electrons. The van der Waals surface area contributed by atoms with Gasteiger partial charge in [-0.1, -0.05) is 0 Å². The van der Waals surface area contributed by atoms with Gasteiger partial charge >= 0.3 is 0 Å². The highest BCUT2D eigenvalue weighted by Gasteiger charge is 2.48. The highest BCUT2D eigenvalue weighted by molar-refractivity contribution is 7.77. The normalized spacial score (nSPS) is 52.2. The lowest BCUT2D eigenvalue weighted by Gasteiger charge is -2.54. The Morgan fingerprint density at radius 3 is 1.93 bits per heavy atom. The van der Waals surface area contributed by atoms with E-state index in [-0.39, 0.29) is 6.04 Å². The Morgan fingerprint density at radius 1 is 1.00 bits per heavy atom. The monoisotopic (exact) mass is 214 g/mol. The molecule has 4 bridgehead atoms. The Labute approximate surface area is 87.1 Å². The molecule has 4 heteroatoms. The first-order valence-corrected chi connectivity index (χ1v) is 6.65. The third-order valence-corrected chi connectivity index (χ3v) is 4.92. The van der Waals surface area contributed by atoms with Crippen molar-refractivity contribution in [3.05, 3.63) is 0 Å². The fraction of sp³-hybridized carbons (Fsp3) is 1.00. The van der Waals surface area contributed by atoms with Crippen LogP contribution in [0.25, 0.3) is 0 Å². The zero-order valence-electron chi connectivity index (χ0n) is 8.15. The van der Waals surface area contributed by atoms with Gasteiger partial charge < -0.3 is 4.55 Å². The number of hydrogen-bond acceptors (Lipinski definition) is 2. The molecule has 1 atom stereocenters. The van der Waals surface area contributed by atoms with Gasteiger partial charge in [0, 0.05) is 17.3 Å². The van der Waals surface area contributed by atoms with Gasteiger partial charge in [-0.05, 0) is 55.8 Å². The average Bonchev–Trinajstić information content (AvgIpc) is 2.09. The van der Waals surface area contributed by atoms with Crippen molar-refractivity contribution < 1.29 is 8.76 Å². The van der Waals surface area contributed by atoms with Crippen molar-refractivity contribution >= 4 is 11.3 Å². The van der Waals surface area contributed by atoms with Crippen molar-refractivity contribution in [3.63, 3.8) is 0 Å². The summed E-state index contributed by atoms with van der Waals surface area (Å²) < 4.78 is 24.1. The molecule has 0 heterocycles. The number of nitrogens with one attached hydrogen (secondary N) is 1. The molecule has 4 rings (SSSR count). The van der Waals surface area contributed by atoms with Gasteiger partial charge in [0.2, 0.25) is 0 Å². The minimum Gasteiger partial charge on any atom is -0.760 e. The van der Waals surface area contributed by atoms with E-state index < -0.39 is 11.3 Å². The molecule has 14 heavy (non-hydrogen) atoms. The van der Waals surface area contributed by atoms with Crippen LogP contribution in [0.5, 0.6) is 0 Å². The van der Waals surface area contributed by atoms with E-state index in [1.807, 2.05) is 0 Å². The topological polar surface area (TPSA) is 52.2 Å². The maximum atomic E-state index is 10.7. The second kappa shape index (κ2) is 3.29. The summed E-state index contributed by atoms with van der Waals surface area (Å²) >= 11 is -2.07. The fourth-order valence-corrected chi connectivity index (χ4v) is 4.84. The van der Waals surface area contributed by atoms with E-state index in [2.05, 4.69) is 4.72 Å². The van der Waals surface area contributed by atoms with Crippen molar-refractivity contribution in [1.29, 1.82) is 0 Å². The summed E-state index contributed by atoms with van der Waals surface area (Å²) in [6, 6.07) is 0.265. The fourth-order valence-electron chi connectivity index (χ4n) is 4.23. The van der Waals surface area contributed by atoms with Gasteiger partial charge in [0.25, 0.3) is 0 Å². The maximum absolute atomic E-state index is 10.7. The summed E-state index contributed by atoms with van der Waals surface area (Å²) in [6.07, 6.45) is 6.48. The summed E-state index contributed by atoms with van der Waals surface area (Å²) in [7, 11) is 0. The van der Waals surface area contributed by atoms with Gasteiger partial charge in [-0.3, -0.25) is 4.21 Å². The first kappa shape index (κ1) is 9.31. The molecular weight excluding hydrogens is 198 g/mol. The standard InChI is InChI=1S/C10H17NO2S/c12-14(13)11-10-8-2-6-1-7(4-8)5-9(10)3-6/h6-11H,1-5H2,(H,12,13)/p-1. The molecule has 0 aromatic rings. The summed E-state index contributed by atoms with van der Waals surface area (Å²) in [5.74, 6) is 3.11. The number of rotatable bonds is 2. The van der Waals surface area contributed by atoms with Crippen LogP contribution < -0.4 is 4.72 Å². The van der Waals surface area contributed by atoms with Crippen LogP contribution in [0, 0.1) is 23.7 Å². The van der Waals surface area contributed by atoms with Crippen LogP contribution in [0.1, 0.15) is 32.1 Å². The Hall–Kier alpha value is 0.0700. The summed E-state index contributed by atoms with van der Waals surface area (Å²) in [4.78, 5) is 0. The third-order valence-electron chi connectivity index (χ3n) is 4.46. The molecule has 1 unspecified atom stereocenters. The first-order chi connectivity index (χ1) is 6.72. The molecule has 0 saturated heterocycles. The van der Waals surface area contributed by atoms with Gasteiger partial charge in [0.05, 0.1) is 0 Å². The minimum atomic E-state index is -2.07. The highest BCUT2D eigenvalue weighted by atomic mass is 32.2. The summed E-state index contributed by atoms with van der Waals surface area (Å²) in [6.45, 7) is 0. The molecule has 0 amide bonds.